The molecule has 0 fully saturated rings. The van der Waals surface area contributed by atoms with Gasteiger partial charge in [0.2, 0.25) is 10.0 Å². The third-order valence-electron chi connectivity index (χ3n) is 4.18. The Balaban J connectivity index is 1.70. The van der Waals surface area contributed by atoms with Gasteiger partial charge in [0.15, 0.2) is 5.58 Å². The zero-order chi connectivity index (χ0) is 18.0. The fraction of sp³-hybridized carbons (Fsp3) is 0.316. The fourth-order valence-electron chi connectivity index (χ4n) is 3.02. The third kappa shape index (κ3) is 4.27. The highest BCUT2D eigenvalue weighted by atomic mass is 32.2. The van der Waals surface area contributed by atoms with Crippen molar-refractivity contribution in [2.24, 2.45) is 0 Å². The summed E-state index contributed by atoms with van der Waals surface area (Å²) in [6.07, 6.45) is 0.644. The van der Waals surface area contributed by atoms with Crippen molar-refractivity contribution in [1.82, 2.24) is 9.88 Å². The van der Waals surface area contributed by atoms with E-state index in [0.29, 0.717) is 17.7 Å². The SMILES string of the molecule is Cc1ccc(CC(C)NS(=O)(=O)Cc2noc3ccccc23)c(C)c1. The smallest absolute Gasteiger partial charge is 0.217 e. The van der Waals surface area contributed by atoms with E-state index in [1.807, 2.05) is 45.0 Å². The highest BCUT2D eigenvalue weighted by molar-refractivity contribution is 7.88. The molecular formula is C19H22N2O3S. The minimum absolute atomic E-state index is 0.193. The number of benzene rings is 2. The van der Waals surface area contributed by atoms with E-state index in [9.17, 15) is 8.42 Å². The number of rotatable bonds is 6. The summed E-state index contributed by atoms with van der Waals surface area (Å²) < 4.78 is 32.9. The summed E-state index contributed by atoms with van der Waals surface area (Å²) in [5.74, 6) is -0.193. The lowest BCUT2D eigenvalue weighted by atomic mass is 10.0. The molecule has 0 saturated carbocycles. The second-order valence-electron chi connectivity index (χ2n) is 6.54. The van der Waals surface area contributed by atoms with E-state index < -0.39 is 10.0 Å². The normalized spacial score (nSPS) is 13.2. The zero-order valence-electron chi connectivity index (χ0n) is 14.6. The first-order valence-corrected chi connectivity index (χ1v) is 9.89. The quantitative estimate of drug-likeness (QED) is 0.732. The van der Waals surface area contributed by atoms with E-state index in [1.165, 1.54) is 11.1 Å². The number of hydrogen-bond acceptors (Lipinski definition) is 4. The van der Waals surface area contributed by atoms with Crippen LogP contribution in [-0.4, -0.2) is 19.6 Å². The van der Waals surface area contributed by atoms with Crippen molar-refractivity contribution in [3.8, 4) is 0 Å². The molecule has 5 nitrogen and oxygen atoms in total. The van der Waals surface area contributed by atoms with Gasteiger partial charge in [0.25, 0.3) is 0 Å². The molecule has 0 saturated heterocycles. The molecule has 3 rings (SSSR count). The van der Waals surface area contributed by atoms with Crippen molar-refractivity contribution < 1.29 is 12.9 Å². The second-order valence-corrected chi connectivity index (χ2v) is 8.29. The second kappa shape index (κ2) is 6.98. The molecule has 0 aliphatic rings. The van der Waals surface area contributed by atoms with Crippen LogP contribution in [0.5, 0.6) is 0 Å². The largest absolute Gasteiger partial charge is 0.356 e. The number of hydrogen-bond donors (Lipinski definition) is 1. The molecule has 3 aromatic rings. The fourth-order valence-corrected chi connectivity index (χ4v) is 4.36. The molecule has 0 amide bonds. The Hall–Kier alpha value is -2.18. The lowest BCUT2D eigenvalue weighted by Gasteiger charge is -2.15. The Kier molecular flexibility index (Phi) is 4.92. The van der Waals surface area contributed by atoms with Gasteiger partial charge in [-0.25, -0.2) is 13.1 Å². The Morgan fingerprint density at radius 2 is 1.92 bits per heavy atom. The minimum Gasteiger partial charge on any atom is -0.356 e. The third-order valence-corrected chi connectivity index (χ3v) is 5.60. The maximum absolute atomic E-state index is 12.5. The Labute approximate surface area is 148 Å². The molecule has 6 heteroatoms. The highest BCUT2D eigenvalue weighted by Crippen LogP contribution is 2.20. The van der Waals surface area contributed by atoms with Crippen LogP contribution in [0.15, 0.2) is 47.0 Å². The average Bonchev–Trinajstić information content (AvgIpc) is 2.92. The van der Waals surface area contributed by atoms with Gasteiger partial charge >= 0.3 is 0 Å². The molecule has 25 heavy (non-hydrogen) atoms. The molecule has 0 bridgehead atoms. The van der Waals surface area contributed by atoms with Crippen LogP contribution in [0.4, 0.5) is 0 Å². The van der Waals surface area contributed by atoms with Crippen LogP contribution in [0, 0.1) is 13.8 Å². The summed E-state index contributed by atoms with van der Waals surface area (Å²) in [4.78, 5) is 0. The summed E-state index contributed by atoms with van der Waals surface area (Å²) >= 11 is 0. The van der Waals surface area contributed by atoms with Crippen molar-refractivity contribution in [3.63, 3.8) is 0 Å². The van der Waals surface area contributed by atoms with Crippen molar-refractivity contribution in [1.29, 1.82) is 0 Å². The molecule has 2 aromatic carbocycles. The van der Waals surface area contributed by atoms with E-state index >= 15 is 0 Å². The van der Waals surface area contributed by atoms with Gasteiger partial charge in [0.1, 0.15) is 11.4 Å². The number of para-hydroxylation sites is 1. The summed E-state index contributed by atoms with van der Waals surface area (Å²) in [6.45, 7) is 5.97. The number of sulfonamides is 1. The van der Waals surface area contributed by atoms with Gasteiger partial charge in [-0.15, -0.1) is 0 Å². The van der Waals surface area contributed by atoms with E-state index in [1.54, 1.807) is 6.07 Å². The summed E-state index contributed by atoms with van der Waals surface area (Å²) in [6, 6.07) is 13.3. The molecule has 0 aliphatic carbocycles. The van der Waals surface area contributed by atoms with Crippen molar-refractivity contribution in [2.75, 3.05) is 0 Å². The zero-order valence-corrected chi connectivity index (χ0v) is 15.4. The maximum Gasteiger partial charge on any atom is 0.217 e. The van der Waals surface area contributed by atoms with E-state index in [2.05, 4.69) is 22.0 Å². The van der Waals surface area contributed by atoms with Crippen LogP contribution < -0.4 is 4.72 Å². The van der Waals surface area contributed by atoms with Crippen LogP contribution in [-0.2, 0) is 22.2 Å². The van der Waals surface area contributed by atoms with Gasteiger partial charge in [-0.1, -0.05) is 41.1 Å². The lowest BCUT2D eigenvalue weighted by Crippen LogP contribution is -2.35. The first kappa shape index (κ1) is 17.6. The molecule has 132 valence electrons. The van der Waals surface area contributed by atoms with Gasteiger partial charge in [-0.05, 0) is 50.5 Å². The molecule has 1 N–H and O–H groups in total. The van der Waals surface area contributed by atoms with E-state index in [-0.39, 0.29) is 11.8 Å². The summed E-state index contributed by atoms with van der Waals surface area (Å²) in [7, 11) is -3.51. The highest BCUT2D eigenvalue weighted by Gasteiger charge is 2.20. The monoisotopic (exact) mass is 358 g/mol. The number of nitrogens with zero attached hydrogens (tertiary/aromatic N) is 1. The van der Waals surface area contributed by atoms with Crippen LogP contribution in [0.25, 0.3) is 11.0 Å². The number of aryl methyl sites for hydroxylation is 2. The molecular weight excluding hydrogens is 336 g/mol. The molecule has 1 unspecified atom stereocenters. The molecule has 0 spiro atoms. The van der Waals surface area contributed by atoms with Gasteiger partial charge in [0, 0.05) is 11.4 Å². The maximum atomic E-state index is 12.5. The Morgan fingerprint density at radius 3 is 2.68 bits per heavy atom. The standard InChI is InChI=1S/C19H22N2O3S/c1-13-8-9-16(14(2)10-13)11-15(3)21-25(22,23)12-18-17-6-4-5-7-19(17)24-20-18/h4-10,15,21H,11-12H2,1-3H3. The summed E-state index contributed by atoms with van der Waals surface area (Å²) in [5, 5.41) is 4.63. The molecule has 1 atom stereocenters. The van der Waals surface area contributed by atoms with Crippen LogP contribution in [0.1, 0.15) is 29.3 Å². The topological polar surface area (TPSA) is 72.2 Å². The van der Waals surface area contributed by atoms with Crippen molar-refractivity contribution in [3.05, 3.63) is 64.8 Å². The van der Waals surface area contributed by atoms with Gasteiger partial charge in [-0.2, -0.15) is 0 Å². The molecule has 0 radical (unpaired) electrons. The van der Waals surface area contributed by atoms with Crippen LogP contribution in [0.2, 0.25) is 0 Å². The molecule has 1 aromatic heterocycles. The number of fused-ring (bicyclic) bond motifs is 1. The van der Waals surface area contributed by atoms with Crippen molar-refractivity contribution in [2.45, 2.75) is 39.0 Å². The van der Waals surface area contributed by atoms with Gasteiger partial charge < -0.3 is 4.52 Å². The molecule has 1 heterocycles. The predicted molar refractivity (Wildman–Crippen MR) is 98.9 cm³/mol. The molecule has 0 aliphatic heterocycles. The predicted octanol–water partition coefficient (Wildman–Crippen LogP) is 3.50. The minimum atomic E-state index is -3.51. The number of nitrogens with one attached hydrogen (secondary N) is 1. The lowest BCUT2D eigenvalue weighted by molar-refractivity contribution is 0.448. The van der Waals surface area contributed by atoms with Crippen molar-refractivity contribution >= 4 is 21.0 Å². The Bertz CT molecular complexity index is 993. The van der Waals surface area contributed by atoms with Gasteiger partial charge in [-0.3, -0.25) is 0 Å². The first-order valence-electron chi connectivity index (χ1n) is 8.23. The van der Waals surface area contributed by atoms with Crippen LogP contribution >= 0.6 is 0 Å². The van der Waals surface area contributed by atoms with E-state index in [0.717, 1.165) is 10.9 Å². The first-order chi connectivity index (χ1) is 11.8. The van der Waals surface area contributed by atoms with Crippen LogP contribution in [0.3, 0.4) is 0 Å². The van der Waals surface area contributed by atoms with Gasteiger partial charge in [0.05, 0.1) is 0 Å². The number of aromatic nitrogens is 1. The Morgan fingerprint density at radius 1 is 1.16 bits per heavy atom. The summed E-state index contributed by atoms with van der Waals surface area (Å²) in [5.41, 5.74) is 4.55. The average molecular weight is 358 g/mol. The van der Waals surface area contributed by atoms with E-state index in [4.69, 9.17) is 4.52 Å².